The van der Waals surface area contributed by atoms with E-state index in [0.29, 0.717) is 12.5 Å². The van der Waals surface area contributed by atoms with Crippen LogP contribution in [-0.4, -0.2) is 31.1 Å². The third-order valence-electron chi connectivity index (χ3n) is 3.55. The maximum absolute atomic E-state index is 11.9. The summed E-state index contributed by atoms with van der Waals surface area (Å²) in [5.74, 6) is 0.545. The SMILES string of the molecule is C.C.C.CCC(CCN(C(C)(C)C)S(C)(=O)=O)C(C)(C)C. The Morgan fingerprint density at radius 2 is 1.33 bits per heavy atom. The lowest BCUT2D eigenvalue weighted by Crippen LogP contribution is -2.46. The van der Waals surface area contributed by atoms with E-state index in [2.05, 4.69) is 27.7 Å². The Morgan fingerprint density at radius 3 is 1.52 bits per heavy atom. The molecular formula is C17H43NO2S. The molecule has 0 aromatic rings. The summed E-state index contributed by atoms with van der Waals surface area (Å²) >= 11 is 0. The number of hydrogen-bond acceptors (Lipinski definition) is 2. The predicted molar refractivity (Wildman–Crippen MR) is 99.3 cm³/mol. The lowest BCUT2D eigenvalue weighted by Gasteiger charge is -2.36. The predicted octanol–water partition coefficient (Wildman–Crippen LogP) is 5.42. The van der Waals surface area contributed by atoms with E-state index in [1.54, 1.807) is 4.31 Å². The van der Waals surface area contributed by atoms with Gasteiger partial charge >= 0.3 is 0 Å². The molecule has 0 spiro atoms. The van der Waals surface area contributed by atoms with E-state index in [1.807, 2.05) is 20.8 Å². The highest BCUT2D eigenvalue weighted by molar-refractivity contribution is 7.88. The lowest BCUT2D eigenvalue weighted by molar-refractivity contribution is 0.176. The first-order valence-corrected chi connectivity index (χ1v) is 8.62. The molecule has 0 bridgehead atoms. The minimum atomic E-state index is -3.14. The molecular weight excluding hydrogens is 282 g/mol. The fourth-order valence-corrected chi connectivity index (χ4v) is 3.95. The summed E-state index contributed by atoms with van der Waals surface area (Å²) in [6, 6.07) is 0. The summed E-state index contributed by atoms with van der Waals surface area (Å²) in [5.41, 5.74) is -0.112. The highest BCUT2D eigenvalue weighted by Crippen LogP contribution is 2.32. The van der Waals surface area contributed by atoms with Gasteiger partial charge in [-0.05, 0) is 38.5 Å². The van der Waals surface area contributed by atoms with Crippen molar-refractivity contribution in [1.82, 2.24) is 4.31 Å². The van der Waals surface area contributed by atoms with Gasteiger partial charge in [0.15, 0.2) is 0 Å². The molecule has 1 atom stereocenters. The third-order valence-corrected chi connectivity index (χ3v) is 5.08. The van der Waals surface area contributed by atoms with Crippen LogP contribution in [0.2, 0.25) is 0 Å². The average Bonchev–Trinajstić information content (AvgIpc) is 2.05. The molecule has 0 aromatic heterocycles. The molecule has 3 nitrogen and oxygen atoms in total. The van der Waals surface area contributed by atoms with Crippen molar-refractivity contribution in [2.24, 2.45) is 11.3 Å². The van der Waals surface area contributed by atoms with Gasteiger partial charge in [0, 0.05) is 12.1 Å². The van der Waals surface area contributed by atoms with Crippen molar-refractivity contribution in [3.63, 3.8) is 0 Å². The van der Waals surface area contributed by atoms with Gasteiger partial charge in [0.1, 0.15) is 0 Å². The maximum atomic E-state index is 11.9. The van der Waals surface area contributed by atoms with Gasteiger partial charge in [-0.2, -0.15) is 4.31 Å². The molecule has 0 aliphatic rings. The van der Waals surface area contributed by atoms with Gasteiger partial charge in [-0.25, -0.2) is 8.42 Å². The highest BCUT2D eigenvalue weighted by Gasteiger charge is 2.31. The summed E-state index contributed by atoms with van der Waals surface area (Å²) in [5, 5.41) is 0. The van der Waals surface area contributed by atoms with Gasteiger partial charge in [-0.3, -0.25) is 0 Å². The largest absolute Gasteiger partial charge is 0.212 e. The normalized spacial score (nSPS) is 13.8. The van der Waals surface area contributed by atoms with Crippen LogP contribution < -0.4 is 0 Å². The van der Waals surface area contributed by atoms with Gasteiger partial charge in [0.05, 0.1) is 6.26 Å². The van der Waals surface area contributed by atoms with E-state index in [4.69, 9.17) is 0 Å². The molecule has 0 radical (unpaired) electrons. The van der Waals surface area contributed by atoms with Crippen LogP contribution in [0, 0.1) is 11.3 Å². The van der Waals surface area contributed by atoms with Crippen LogP contribution in [0.5, 0.6) is 0 Å². The number of rotatable bonds is 5. The molecule has 134 valence electrons. The van der Waals surface area contributed by atoms with Crippen LogP contribution in [0.25, 0.3) is 0 Å². The molecule has 0 saturated heterocycles. The second kappa shape index (κ2) is 9.83. The molecule has 0 amide bonds. The first-order chi connectivity index (χ1) is 7.80. The van der Waals surface area contributed by atoms with E-state index in [-0.39, 0.29) is 33.2 Å². The first-order valence-electron chi connectivity index (χ1n) is 6.78. The van der Waals surface area contributed by atoms with Crippen molar-refractivity contribution < 1.29 is 8.42 Å². The van der Waals surface area contributed by atoms with Crippen molar-refractivity contribution in [2.75, 3.05) is 12.8 Å². The smallest absolute Gasteiger partial charge is 0.211 e. The summed E-state index contributed by atoms with van der Waals surface area (Å²) in [7, 11) is -3.14. The third kappa shape index (κ3) is 10.3. The zero-order chi connectivity index (χ0) is 14.8. The highest BCUT2D eigenvalue weighted by atomic mass is 32.2. The standard InChI is InChI=1S/C14H31NO2S.3CH4/c1-9-12(13(2,3)4)10-11-15(14(5,6)7)18(8,16)17;;;/h12H,9-11H2,1-8H3;3*1H4. The summed E-state index contributed by atoms with van der Waals surface area (Å²) in [6.45, 7) is 15.3. The molecule has 0 N–H and O–H groups in total. The van der Waals surface area contributed by atoms with Crippen LogP contribution in [0.4, 0.5) is 0 Å². The van der Waals surface area contributed by atoms with Crippen LogP contribution in [0.1, 0.15) is 83.6 Å². The van der Waals surface area contributed by atoms with Gasteiger partial charge < -0.3 is 0 Å². The minimum Gasteiger partial charge on any atom is -0.212 e. The van der Waals surface area contributed by atoms with Gasteiger partial charge in [-0.15, -0.1) is 0 Å². The molecule has 0 aliphatic heterocycles. The Balaban J connectivity index is -0.000000482. The summed E-state index contributed by atoms with van der Waals surface area (Å²) in [4.78, 5) is 0. The van der Waals surface area contributed by atoms with Crippen molar-refractivity contribution in [1.29, 1.82) is 0 Å². The monoisotopic (exact) mass is 325 g/mol. The second-order valence-electron chi connectivity index (χ2n) is 7.27. The quantitative estimate of drug-likeness (QED) is 0.677. The number of hydrogen-bond donors (Lipinski definition) is 0. The van der Waals surface area contributed by atoms with Crippen LogP contribution in [0.15, 0.2) is 0 Å². The molecule has 4 heteroatoms. The minimum absolute atomic E-state index is 0. The van der Waals surface area contributed by atoms with Gasteiger partial charge in [-0.1, -0.05) is 56.4 Å². The van der Waals surface area contributed by atoms with Gasteiger partial charge in [0.25, 0.3) is 0 Å². The Bertz CT molecular complexity index is 348. The van der Waals surface area contributed by atoms with Crippen molar-refractivity contribution in [2.45, 2.75) is 89.1 Å². The van der Waals surface area contributed by atoms with E-state index in [1.165, 1.54) is 6.26 Å². The zero-order valence-corrected chi connectivity index (χ0v) is 14.2. The van der Waals surface area contributed by atoms with E-state index < -0.39 is 10.0 Å². The summed E-state index contributed by atoms with van der Waals surface area (Å²) < 4.78 is 25.3. The first kappa shape index (κ1) is 29.0. The number of nitrogens with zero attached hydrogens (tertiary/aromatic N) is 1. The van der Waals surface area contributed by atoms with Crippen molar-refractivity contribution >= 4 is 10.0 Å². The maximum Gasteiger partial charge on any atom is 0.211 e. The van der Waals surface area contributed by atoms with Crippen LogP contribution >= 0.6 is 0 Å². The van der Waals surface area contributed by atoms with Crippen LogP contribution in [0.3, 0.4) is 0 Å². The molecule has 1 unspecified atom stereocenters. The Kier molecular flexibility index (Phi) is 13.6. The van der Waals surface area contributed by atoms with E-state index in [9.17, 15) is 8.42 Å². The fourth-order valence-electron chi connectivity index (χ4n) is 2.52. The lowest BCUT2D eigenvalue weighted by atomic mass is 9.77. The molecule has 0 fully saturated rings. The topological polar surface area (TPSA) is 37.4 Å². The number of sulfonamides is 1. The van der Waals surface area contributed by atoms with Crippen molar-refractivity contribution in [3.05, 3.63) is 0 Å². The Hall–Kier alpha value is -0.0900. The van der Waals surface area contributed by atoms with E-state index >= 15 is 0 Å². The Labute approximate surface area is 136 Å². The zero-order valence-electron chi connectivity index (χ0n) is 13.4. The van der Waals surface area contributed by atoms with Gasteiger partial charge in [0.2, 0.25) is 10.0 Å². The van der Waals surface area contributed by atoms with Crippen LogP contribution in [-0.2, 0) is 10.0 Å². The molecule has 0 saturated carbocycles. The van der Waals surface area contributed by atoms with Crippen molar-refractivity contribution in [3.8, 4) is 0 Å². The molecule has 0 aliphatic carbocycles. The fraction of sp³-hybridized carbons (Fsp3) is 1.00. The molecule has 0 rings (SSSR count). The second-order valence-corrected chi connectivity index (χ2v) is 9.17. The molecule has 0 aromatic carbocycles. The molecule has 21 heavy (non-hydrogen) atoms. The molecule has 0 heterocycles. The average molecular weight is 326 g/mol. The summed E-state index contributed by atoms with van der Waals surface area (Å²) in [6.07, 6.45) is 3.31. The van der Waals surface area contributed by atoms with E-state index in [0.717, 1.165) is 12.8 Å². The Morgan fingerprint density at radius 1 is 0.952 bits per heavy atom.